The predicted molar refractivity (Wildman–Crippen MR) is 95.3 cm³/mol. The van der Waals surface area contributed by atoms with Gasteiger partial charge < -0.3 is 19.7 Å². The number of amides is 2. The molecule has 0 saturated carbocycles. The molecule has 5 nitrogen and oxygen atoms in total. The summed E-state index contributed by atoms with van der Waals surface area (Å²) in [5, 5.41) is 3.06. The summed E-state index contributed by atoms with van der Waals surface area (Å²) in [5.74, 6) is 1.40. The molecule has 1 heterocycles. The molecule has 1 aromatic rings. The average Bonchev–Trinajstić information content (AvgIpc) is 2.62. The molecule has 1 atom stereocenters. The normalized spacial score (nSPS) is 17.3. The maximum Gasteiger partial charge on any atom is 0.317 e. The average molecular weight is 334 g/mol. The van der Waals surface area contributed by atoms with E-state index in [1.54, 1.807) is 7.11 Å². The molecule has 1 aromatic carbocycles. The van der Waals surface area contributed by atoms with E-state index in [0.29, 0.717) is 19.0 Å². The van der Waals surface area contributed by atoms with Crippen molar-refractivity contribution in [3.63, 3.8) is 0 Å². The van der Waals surface area contributed by atoms with E-state index in [4.69, 9.17) is 9.47 Å². The lowest BCUT2D eigenvalue weighted by Gasteiger charge is -2.25. The largest absolute Gasteiger partial charge is 0.496 e. The zero-order valence-corrected chi connectivity index (χ0v) is 14.9. The molecule has 0 radical (unpaired) electrons. The summed E-state index contributed by atoms with van der Waals surface area (Å²) in [7, 11) is 1.66. The van der Waals surface area contributed by atoms with E-state index in [0.717, 1.165) is 50.3 Å². The van der Waals surface area contributed by atoms with Crippen molar-refractivity contribution in [2.75, 3.05) is 33.4 Å². The number of hydrogen-bond donors (Lipinski definition) is 1. The molecule has 2 amide bonds. The van der Waals surface area contributed by atoms with Crippen LogP contribution in [0.15, 0.2) is 24.3 Å². The Morgan fingerprint density at radius 3 is 2.96 bits per heavy atom. The highest BCUT2D eigenvalue weighted by atomic mass is 16.5. The molecule has 2 rings (SSSR count). The Kier molecular flexibility index (Phi) is 7.89. The fraction of sp³-hybridized carbons (Fsp3) is 0.632. The number of benzene rings is 1. The first-order valence-corrected chi connectivity index (χ1v) is 8.97. The first-order valence-electron chi connectivity index (χ1n) is 8.97. The number of hydrogen-bond acceptors (Lipinski definition) is 3. The maximum absolute atomic E-state index is 12.5. The summed E-state index contributed by atoms with van der Waals surface area (Å²) in [6.45, 7) is 5.80. The summed E-state index contributed by atoms with van der Waals surface area (Å²) < 4.78 is 10.9. The molecule has 1 fully saturated rings. The number of methoxy groups -OCH3 is 1. The van der Waals surface area contributed by atoms with Crippen LogP contribution in [0.1, 0.15) is 38.2 Å². The van der Waals surface area contributed by atoms with Crippen LogP contribution >= 0.6 is 0 Å². The van der Waals surface area contributed by atoms with Crippen LogP contribution < -0.4 is 10.1 Å². The minimum Gasteiger partial charge on any atom is -0.496 e. The third-order valence-corrected chi connectivity index (χ3v) is 4.42. The van der Waals surface area contributed by atoms with Gasteiger partial charge in [-0.05, 0) is 37.7 Å². The Morgan fingerprint density at radius 1 is 1.42 bits per heavy atom. The monoisotopic (exact) mass is 334 g/mol. The third-order valence-electron chi connectivity index (χ3n) is 4.42. The van der Waals surface area contributed by atoms with E-state index in [1.807, 2.05) is 29.2 Å². The Balaban J connectivity index is 1.85. The third kappa shape index (κ3) is 5.71. The summed E-state index contributed by atoms with van der Waals surface area (Å²) in [6.07, 6.45) is 4.25. The van der Waals surface area contributed by atoms with E-state index < -0.39 is 0 Å². The zero-order chi connectivity index (χ0) is 17.2. The van der Waals surface area contributed by atoms with Gasteiger partial charge in [0.1, 0.15) is 5.75 Å². The maximum atomic E-state index is 12.5. The minimum absolute atomic E-state index is 0.000478. The Bertz CT molecular complexity index is 501. The second-order valence-electron chi connectivity index (χ2n) is 6.34. The van der Waals surface area contributed by atoms with E-state index in [2.05, 4.69) is 12.2 Å². The second kappa shape index (κ2) is 10.2. The number of nitrogens with one attached hydrogen (secondary N) is 1. The molecule has 1 aliphatic rings. The van der Waals surface area contributed by atoms with Gasteiger partial charge in [-0.25, -0.2) is 4.79 Å². The first-order chi connectivity index (χ1) is 11.7. The van der Waals surface area contributed by atoms with Crippen molar-refractivity contribution in [1.29, 1.82) is 0 Å². The number of urea groups is 1. The van der Waals surface area contributed by atoms with E-state index in [-0.39, 0.29) is 6.03 Å². The number of rotatable bonds is 8. The van der Waals surface area contributed by atoms with Gasteiger partial charge in [0.2, 0.25) is 0 Å². The lowest BCUT2D eigenvalue weighted by Crippen LogP contribution is -2.41. The molecule has 1 unspecified atom stereocenters. The molecule has 5 heteroatoms. The number of para-hydroxylation sites is 1. The quantitative estimate of drug-likeness (QED) is 0.792. The molecule has 0 bridgehead atoms. The van der Waals surface area contributed by atoms with Crippen molar-refractivity contribution >= 4 is 6.03 Å². The van der Waals surface area contributed by atoms with Gasteiger partial charge in [0, 0.05) is 31.9 Å². The highest BCUT2D eigenvalue weighted by molar-refractivity contribution is 5.74. The van der Waals surface area contributed by atoms with Gasteiger partial charge in [-0.2, -0.15) is 0 Å². The molecule has 134 valence electrons. The lowest BCUT2D eigenvalue weighted by molar-refractivity contribution is 0.0518. The van der Waals surface area contributed by atoms with Crippen LogP contribution in [0.5, 0.6) is 5.75 Å². The van der Waals surface area contributed by atoms with Crippen LogP contribution in [-0.4, -0.2) is 44.3 Å². The Morgan fingerprint density at radius 2 is 2.25 bits per heavy atom. The van der Waals surface area contributed by atoms with E-state index in [9.17, 15) is 4.79 Å². The van der Waals surface area contributed by atoms with Crippen molar-refractivity contribution < 1.29 is 14.3 Å². The summed E-state index contributed by atoms with van der Waals surface area (Å²) in [5.41, 5.74) is 1.03. The highest BCUT2D eigenvalue weighted by Crippen LogP contribution is 2.20. The number of carbonyl (C=O) groups is 1. The van der Waals surface area contributed by atoms with Crippen molar-refractivity contribution in [2.45, 2.75) is 39.2 Å². The lowest BCUT2D eigenvalue weighted by atomic mass is 9.99. The molecule has 24 heavy (non-hydrogen) atoms. The topological polar surface area (TPSA) is 50.8 Å². The standard InChI is InChI=1S/C19H30N2O3/c1-3-12-21(14-17-8-4-5-9-18(17)23-2)19(22)20-11-10-16-7-6-13-24-15-16/h4-5,8-9,16H,3,6-7,10-15H2,1-2H3,(H,20,22). The van der Waals surface area contributed by atoms with E-state index >= 15 is 0 Å². The van der Waals surface area contributed by atoms with Gasteiger partial charge >= 0.3 is 6.03 Å². The number of nitrogens with zero attached hydrogens (tertiary/aromatic N) is 1. The van der Waals surface area contributed by atoms with Gasteiger partial charge in [-0.3, -0.25) is 0 Å². The number of carbonyl (C=O) groups excluding carboxylic acids is 1. The van der Waals surface area contributed by atoms with Gasteiger partial charge in [0.05, 0.1) is 13.7 Å². The molecule has 1 N–H and O–H groups in total. The minimum atomic E-state index is -0.000478. The number of ether oxygens (including phenoxy) is 2. The van der Waals surface area contributed by atoms with Crippen molar-refractivity contribution in [3.8, 4) is 5.75 Å². The molecule has 0 aliphatic carbocycles. The summed E-state index contributed by atoms with van der Waals surface area (Å²) in [4.78, 5) is 14.4. The SMILES string of the molecule is CCCN(Cc1ccccc1OC)C(=O)NCCC1CCCOC1. The summed E-state index contributed by atoms with van der Waals surface area (Å²) in [6, 6.07) is 7.86. The zero-order valence-electron chi connectivity index (χ0n) is 14.9. The van der Waals surface area contributed by atoms with Crippen LogP contribution in [-0.2, 0) is 11.3 Å². The van der Waals surface area contributed by atoms with Crippen LogP contribution in [0.3, 0.4) is 0 Å². The molecule has 0 spiro atoms. The van der Waals surface area contributed by atoms with Gasteiger partial charge in [-0.15, -0.1) is 0 Å². The highest BCUT2D eigenvalue weighted by Gasteiger charge is 2.17. The van der Waals surface area contributed by atoms with Gasteiger partial charge in [0.15, 0.2) is 0 Å². The Labute approximate surface area is 145 Å². The van der Waals surface area contributed by atoms with Crippen LogP contribution in [0.2, 0.25) is 0 Å². The second-order valence-corrected chi connectivity index (χ2v) is 6.34. The van der Waals surface area contributed by atoms with Gasteiger partial charge in [-0.1, -0.05) is 25.1 Å². The Hall–Kier alpha value is -1.75. The first kappa shape index (κ1) is 18.6. The molecular weight excluding hydrogens is 304 g/mol. The predicted octanol–water partition coefficient (Wildman–Crippen LogP) is 3.43. The molecule has 1 aliphatic heterocycles. The fourth-order valence-corrected chi connectivity index (χ4v) is 3.09. The smallest absolute Gasteiger partial charge is 0.317 e. The van der Waals surface area contributed by atoms with Crippen LogP contribution in [0, 0.1) is 5.92 Å². The van der Waals surface area contributed by atoms with E-state index in [1.165, 1.54) is 6.42 Å². The summed E-state index contributed by atoms with van der Waals surface area (Å²) >= 11 is 0. The van der Waals surface area contributed by atoms with Crippen LogP contribution in [0.25, 0.3) is 0 Å². The van der Waals surface area contributed by atoms with Gasteiger partial charge in [0.25, 0.3) is 0 Å². The molecule has 0 aromatic heterocycles. The molecular formula is C19H30N2O3. The van der Waals surface area contributed by atoms with Crippen molar-refractivity contribution in [1.82, 2.24) is 10.2 Å². The van der Waals surface area contributed by atoms with Crippen molar-refractivity contribution in [2.24, 2.45) is 5.92 Å². The molecule has 1 saturated heterocycles. The van der Waals surface area contributed by atoms with Crippen LogP contribution in [0.4, 0.5) is 4.79 Å². The van der Waals surface area contributed by atoms with Crippen molar-refractivity contribution in [3.05, 3.63) is 29.8 Å². The fourth-order valence-electron chi connectivity index (χ4n) is 3.09.